The van der Waals surface area contributed by atoms with Crippen molar-refractivity contribution in [3.8, 4) is 0 Å². The summed E-state index contributed by atoms with van der Waals surface area (Å²) in [5.41, 5.74) is -0.418. The predicted molar refractivity (Wildman–Crippen MR) is 130 cm³/mol. The molecule has 0 aromatic carbocycles. The van der Waals surface area contributed by atoms with Crippen LogP contribution in [0.15, 0.2) is 51.8 Å². The quantitative estimate of drug-likeness (QED) is 0.616. The third-order valence-electron chi connectivity index (χ3n) is 9.58. The summed E-state index contributed by atoms with van der Waals surface area (Å²) in [5.74, 6) is 0.113. The Hall–Kier alpha value is -2.29. The molecule has 7 nitrogen and oxygen atoms in total. The predicted octanol–water partition coefficient (Wildman–Crippen LogP) is 3.89. The molecule has 0 radical (unpaired) electrons. The van der Waals surface area contributed by atoms with Crippen LogP contribution in [-0.2, 0) is 9.59 Å². The van der Waals surface area contributed by atoms with Gasteiger partial charge in [0.15, 0.2) is 22.8 Å². The minimum Gasteiger partial charge on any atom is -0.430 e. The van der Waals surface area contributed by atoms with Crippen LogP contribution in [0.2, 0.25) is 0 Å². The Kier molecular flexibility index (Phi) is 5.19. The first-order valence-corrected chi connectivity index (χ1v) is 13.4. The Morgan fingerprint density at radius 3 is 2.94 bits per heavy atom. The molecule has 0 aliphatic heterocycles. The molecule has 0 bridgehead atoms. The van der Waals surface area contributed by atoms with Crippen molar-refractivity contribution >= 4 is 34.6 Å². The summed E-state index contributed by atoms with van der Waals surface area (Å²) < 4.78 is 5.68. The lowest BCUT2D eigenvalue weighted by Gasteiger charge is -2.59. The average molecular weight is 495 g/mol. The lowest BCUT2D eigenvalue weighted by atomic mass is 9.46. The molecule has 3 saturated carbocycles. The number of aliphatic hydroxyl groups excluding tert-OH is 1. The Bertz CT molecular complexity index is 1250. The highest BCUT2D eigenvalue weighted by Crippen LogP contribution is 2.67. The Morgan fingerprint density at radius 1 is 1.31 bits per heavy atom. The highest BCUT2D eigenvalue weighted by Gasteiger charge is 2.68. The highest BCUT2D eigenvalue weighted by atomic mass is 32.2. The maximum absolute atomic E-state index is 13.5. The van der Waals surface area contributed by atoms with E-state index in [-0.39, 0.29) is 40.5 Å². The van der Waals surface area contributed by atoms with E-state index in [1.807, 2.05) is 13.0 Å². The molecule has 184 valence electrons. The number of hydrogen-bond acceptors (Lipinski definition) is 8. The van der Waals surface area contributed by atoms with Crippen LogP contribution >= 0.6 is 11.8 Å². The molecule has 3 fully saturated rings. The van der Waals surface area contributed by atoms with Gasteiger partial charge >= 0.3 is 0 Å². The summed E-state index contributed by atoms with van der Waals surface area (Å²) in [5, 5.41) is 23.7. The summed E-state index contributed by atoms with van der Waals surface area (Å²) in [7, 11) is 0. The van der Waals surface area contributed by atoms with Crippen molar-refractivity contribution in [3.63, 3.8) is 0 Å². The summed E-state index contributed by atoms with van der Waals surface area (Å²) in [4.78, 5) is 34.0. The fourth-order valence-corrected chi connectivity index (χ4v) is 8.64. The molecule has 4 aliphatic rings. The smallest absolute Gasteiger partial charge is 0.258 e. The molecule has 0 amide bonds. The van der Waals surface area contributed by atoms with Crippen LogP contribution in [0.5, 0.6) is 0 Å². The number of aromatic nitrogens is 2. The van der Waals surface area contributed by atoms with Gasteiger partial charge in [0.2, 0.25) is 0 Å². The summed E-state index contributed by atoms with van der Waals surface area (Å²) in [6, 6.07) is 3.54. The number of ketones is 2. The number of carbonyl (C=O) groups excluding carboxylic acids is 2. The minimum atomic E-state index is -1.50. The van der Waals surface area contributed by atoms with E-state index in [0.717, 1.165) is 24.8 Å². The highest BCUT2D eigenvalue weighted by molar-refractivity contribution is 7.99. The van der Waals surface area contributed by atoms with Crippen molar-refractivity contribution in [2.45, 2.75) is 62.9 Å². The van der Waals surface area contributed by atoms with E-state index >= 15 is 0 Å². The van der Waals surface area contributed by atoms with Crippen LogP contribution in [0, 0.1) is 28.6 Å². The van der Waals surface area contributed by atoms with Gasteiger partial charge in [0.05, 0.1) is 11.9 Å². The zero-order valence-electron chi connectivity index (χ0n) is 19.9. The molecular formula is C27H30N2O5S. The van der Waals surface area contributed by atoms with Gasteiger partial charge in [-0.2, -0.15) is 4.98 Å². The number of oxazole rings is 1. The number of pyridine rings is 1. The first-order chi connectivity index (χ1) is 16.7. The lowest BCUT2D eigenvalue weighted by Crippen LogP contribution is -2.61. The molecule has 2 aromatic heterocycles. The van der Waals surface area contributed by atoms with E-state index in [9.17, 15) is 19.8 Å². The number of thioether (sulfide) groups is 1. The molecule has 6 rings (SSSR count). The Labute approximate surface area is 208 Å². The van der Waals surface area contributed by atoms with Gasteiger partial charge < -0.3 is 14.6 Å². The molecule has 35 heavy (non-hydrogen) atoms. The van der Waals surface area contributed by atoms with Crippen molar-refractivity contribution < 1.29 is 24.2 Å². The third-order valence-corrected chi connectivity index (χ3v) is 10.4. The summed E-state index contributed by atoms with van der Waals surface area (Å²) >= 11 is 1.18. The second-order valence-electron chi connectivity index (χ2n) is 11.1. The number of Topliss-reactive ketones (excluding diaryl/α,β-unsaturated/α-hetero) is 1. The topological polar surface area (TPSA) is 114 Å². The molecule has 0 spiro atoms. The molecular weight excluding hydrogens is 464 g/mol. The maximum Gasteiger partial charge on any atom is 0.258 e. The molecule has 4 aliphatic carbocycles. The van der Waals surface area contributed by atoms with Gasteiger partial charge in [0.1, 0.15) is 5.60 Å². The molecule has 6 unspecified atom stereocenters. The minimum absolute atomic E-state index is 0.0131. The van der Waals surface area contributed by atoms with Gasteiger partial charge in [-0.05, 0) is 68.2 Å². The van der Waals surface area contributed by atoms with E-state index < -0.39 is 17.1 Å². The molecule has 8 heteroatoms. The van der Waals surface area contributed by atoms with Crippen LogP contribution < -0.4 is 0 Å². The number of rotatable bonds is 4. The SMILES string of the molecule is CC12C=CC(=O)C=C1CCC1C2C(O)CC2(C)C1CC[C@]2(O)C(=O)CSc1nc2ncccc2o1. The van der Waals surface area contributed by atoms with Crippen LogP contribution in [-0.4, -0.2) is 49.2 Å². The van der Waals surface area contributed by atoms with Crippen molar-refractivity contribution in [2.24, 2.45) is 28.6 Å². The van der Waals surface area contributed by atoms with E-state index in [0.29, 0.717) is 29.3 Å². The molecule has 0 saturated heterocycles. The van der Waals surface area contributed by atoms with Crippen LogP contribution in [0.3, 0.4) is 0 Å². The standard InChI is InChI=1S/C27H30N2O5S/c1-25-9-7-16(30)12-15(25)5-6-17-18-8-10-27(33,26(18,2)13-19(31)22(17)25)21(32)14-35-24-29-23-20(34-24)4-3-11-28-23/h3-4,7,9,11-12,17-19,22,31,33H,5-6,8,10,13-14H2,1-2H3/t17?,18?,19?,22?,25?,26?,27-/m0/s1. The van der Waals surface area contributed by atoms with Crippen molar-refractivity contribution in [2.75, 3.05) is 5.75 Å². The van der Waals surface area contributed by atoms with E-state index in [1.54, 1.807) is 30.5 Å². The molecule has 7 atom stereocenters. The van der Waals surface area contributed by atoms with Gasteiger partial charge in [-0.3, -0.25) is 9.59 Å². The second-order valence-corrected chi connectivity index (χ2v) is 12.1. The zero-order chi connectivity index (χ0) is 24.6. The zero-order valence-corrected chi connectivity index (χ0v) is 20.8. The van der Waals surface area contributed by atoms with Gasteiger partial charge in [-0.25, -0.2) is 4.98 Å². The number of fused-ring (bicyclic) bond motifs is 6. The fourth-order valence-electron chi connectivity index (χ4n) is 7.85. The normalized spacial score (nSPS) is 40.2. The number of aliphatic hydroxyl groups is 2. The van der Waals surface area contributed by atoms with Crippen LogP contribution in [0.25, 0.3) is 11.2 Å². The number of hydrogen-bond donors (Lipinski definition) is 2. The van der Waals surface area contributed by atoms with Crippen molar-refractivity contribution in [1.82, 2.24) is 9.97 Å². The van der Waals surface area contributed by atoms with E-state index in [1.165, 1.54) is 11.8 Å². The van der Waals surface area contributed by atoms with Crippen molar-refractivity contribution in [3.05, 3.63) is 42.1 Å². The first kappa shape index (κ1) is 23.1. The number of carbonyl (C=O) groups is 2. The first-order valence-electron chi connectivity index (χ1n) is 12.4. The van der Waals surface area contributed by atoms with E-state index in [2.05, 4.69) is 16.9 Å². The molecule has 2 N–H and O–H groups in total. The van der Waals surface area contributed by atoms with E-state index in [4.69, 9.17) is 4.42 Å². The van der Waals surface area contributed by atoms with Crippen molar-refractivity contribution in [1.29, 1.82) is 0 Å². The average Bonchev–Trinajstić information content (AvgIpc) is 3.36. The maximum atomic E-state index is 13.5. The monoisotopic (exact) mass is 494 g/mol. The lowest BCUT2D eigenvalue weighted by molar-refractivity contribution is -0.174. The third kappa shape index (κ3) is 3.26. The molecule has 2 heterocycles. The molecule has 2 aromatic rings. The second kappa shape index (κ2) is 7.85. The van der Waals surface area contributed by atoms with Crippen LogP contribution in [0.4, 0.5) is 0 Å². The summed E-state index contributed by atoms with van der Waals surface area (Å²) in [6.07, 6.45) is 9.49. The van der Waals surface area contributed by atoms with Gasteiger partial charge in [-0.15, -0.1) is 0 Å². The van der Waals surface area contributed by atoms with Gasteiger partial charge in [0, 0.05) is 22.9 Å². The van der Waals surface area contributed by atoms with Crippen LogP contribution in [0.1, 0.15) is 46.0 Å². The Balaban J connectivity index is 1.25. The summed E-state index contributed by atoms with van der Waals surface area (Å²) in [6.45, 7) is 4.12. The number of allylic oxidation sites excluding steroid dienone is 4. The fraction of sp³-hybridized carbons (Fsp3) is 0.556. The number of nitrogens with zero attached hydrogens (tertiary/aromatic N) is 2. The van der Waals surface area contributed by atoms with Gasteiger partial charge in [-0.1, -0.05) is 37.3 Å². The Morgan fingerprint density at radius 2 is 2.14 bits per heavy atom. The van der Waals surface area contributed by atoms with Gasteiger partial charge in [0.25, 0.3) is 5.22 Å². The largest absolute Gasteiger partial charge is 0.430 e.